The molecule has 0 amide bonds. The van der Waals surface area contributed by atoms with Crippen molar-refractivity contribution in [3.8, 4) is 5.75 Å². The molecule has 1 atom stereocenters. The van der Waals surface area contributed by atoms with Gasteiger partial charge in [0.2, 0.25) is 0 Å². The molecule has 0 radical (unpaired) electrons. The highest BCUT2D eigenvalue weighted by Gasteiger charge is 2.14. The van der Waals surface area contributed by atoms with Crippen molar-refractivity contribution in [3.05, 3.63) is 28.2 Å². The Morgan fingerprint density at radius 3 is 3.06 bits per heavy atom. The van der Waals surface area contributed by atoms with Crippen LogP contribution in [-0.2, 0) is 11.3 Å². The summed E-state index contributed by atoms with van der Waals surface area (Å²) in [7, 11) is 0. The van der Waals surface area contributed by atoms with E-state index in [9.17, 15) is 0 Å². The lowest BCUT2D eigenvalue weighted by atomic mass is 10.1. The predicted molar refractivity (Wildman–Crippen MR) is 75.7 cm³/mol. The van der Waals surface area contributed by atoms with Crippen molar-refractivity contribution in [2.75, 3.05) is 13.2 Å². The van der Waals surface area contributed by atoms with Crippen LogP contribution in [0.1, 0.15) is 31.2 Å². The quantitative estimate of drug-likeness (QED) is 0.820. The summed E-state index contributed by atoms with van der Waals surface area (Å²) >= 11 is 3.44. The normalized spacial score (nSPS) is 19.1. The van der Waals surface area contributed by atoms with Gasteiger partial charge in [0.05, 0.1) is 12.7 Å². The molecule has 3 nitrogen and oxygen atoms in total. The molecule has 0 aliphatic carbocycles. The van der Waals surface area contributed by atoms with E-state index < -0.39 is 0 Å². The first-order chi connectivity index (χ1) is 8.79. The van der Waals surface area contributed by atoms with Gasteiger partial charge in [0.1, 0.15) is 5.75 Å². The third-order valence-corrected chi connectivity index (χ3v) is 3.69. The maximum absolute atomic E-state index is 5.79. The molecule has 2 rings (SSSR count). The molecule has 1 saturated heterocycles. The lowest BCUT2D eigenvalue weighted by molar-refractivity contribution is 0.0981. The Bertz CT molecular complexity index is 378. The molecule has 0 bridgehead atoms. The minimum absolute atomic E-state index is 0.451. The molecule has 1 aromatic carbocycles. The molecule has 2 N–H and O–H groups in total. The lowest BCUT2D eigenvalue weighted by Crippen LogP contribution is -2.09. The second-order valence-electron chi connectivity index (χ2n) is 4.58. The van der Waals surface area contributed by atoms with Crippen molar-refractivity contribution in [2.24, 2.45) is 5.73 Å². The number of benzene rings is 1. The molecule has 1 unspecified atom stereocenters. The topological polar surface area (TPSA) is 44.5 Å². The number of hydrogen-bond donors (Lipinski definition) is 1. The summed E-state index contributed by atoms with van der Waals surface area (Å²) in [6.45, 7) is 2.16. The van der Waals surface area contributed by atoms with Crippen LogP contribution < -0.4 is 10.5 Å². The van der Waals surface area contributed by atoms with Crippen molar-refractivity contribution >= 4 is 15.9 Å². The third-order valence-electron chi connectivity index (χ3n) is 3.19. The first kappa shape index (κ1) is 13.8. The van der Waals surface area contributed by atoms with Gasteiger partial charge in [-0.2, -0.15) is 0 Å². The molecule has 1 aromatic rings. The first-order valence-corrected chi connectivity index (χ1v) is 7.32. The monoisotopic (exact) mass is 313 g/mol. The van der Waals surface area contributed by atoms with Crippen molar-refractivity contribution in [2.45, 2.75) is 38.3 Å². The summed E-state index contributed by atoms with van der Waals surface area (Å²) in [5.41, 5.74) is 6.75. The Kier molecular flexibility index (Phi) is 5.47. The van der Waals surface area contributed by atoms with Gasteiger partial charge in [-0.1, -0.05) is 15.9 Å². The number of halogens is 1. The maximum atomic E-state index is 5.79. The highest BCUT2D eigenvalue weighted by molar-refractivity contribution is 9.10. The molecule has 0 aromatic heterocycles. The van der Waals surface area contributed by atoms with Crippen LogP contribution in [-0.4, -0.2) is 19.3 Å². The number of ether oxygens (including phenoxy) is 2. The van der Waals surface area contributed by atoms with Crippen molar-refractivity contribution in [3.63, 3.8) is 0 Å². The molecular weight excluding hydrogens is 294 g/mol. The second-order valence-corrected chi connectivity index (χ2v) is 5.50. The number of rotatable bonds is 6. The average molecular weight is 314 g/mol. The Hall–Kier alpha value is -0.580. The molecule has 1 aliphatic rings. The fraction of sp³-hybridized carbons (Fsp3) is 0.571. The van der Waals surface area contributed by atoms with Gasteiger partial charge in [-0.05, 0) is 43.9 Å². The summed E-state index contributed by atoms with van der Waals surface area (Å²) in [5.74, 6) is 0.896. The average Bonchev–Trinajstić information content (AvgIpc) is 2.89. The van der Waals surface area contributed by atoms with Gasteiger partial charge in [0, 0.05) is 23.2 Å². The zero-order valence-electron chi connectivity index (χ0n) is 10.5. The minimum Gasteiger partial charge on any atom is -0.493 e. The van der Waals surface area contributed by atoms with E-state index in [-0.39, 0.29) is 0 Å². The molecule has 0 saturated carbocycles. The SMILES string of the molecule is NCc1cc(Br)ccc1OCCCC1CCCO1. The Balaban J connectivity index is 1.75. The Morgan fingerprint density at radius 2 is 2.33 bits per heavy atom. The smallest absolute Gasteiger partial charge is 0.123 e. The van der Waals surface area contributed by atoms with Crippen LogP contribution in [0.4, 0.5) is 0 Å². The fourth-order valence-corrected chi connectivity index (χ4v) is 2.62. The zero-order chi connectivity index (χ0) is 12.8. The highest BCUT2D eigenvalue weighted by atomic mass is 79.9. The van der Waals surface area contributed by atoms with Crippen molar-refractivity contribution in [1.82, 2.24) is 0 Å². The van der Waals surface area contributed by atoms with E-state index >= 15 is 0 Å². The van der Waals surface area contributed by atoms with E-state index in [0.717, 1.165) is 41.8 Å². The van der Waals surface area contributed by atoms with Gasteiger partial charge in [0.15, 0.2) is 0 Å². The van der Waals surface area contributed by atoms with Gasteiger partial charge >= 0.3 is 0 Å². The summed E-state index contributed by atoms with van der Waals surface area (Å²) in [6.07, 6.45) is 4.98. The summed E-state index contributed by atoms with van der Waals surface area (Å²) in [6, 6.07) is 5.96. The highest BCUT2D eigenvalue weighted by Crippen LogP contribution is 2.23. The van der Waals surface area contributed by atoms with E-state index in [0.29, 0.717) is 12.6 Å². The Morgan fingerprint density at radius 1 is 1.44 bits per heavy atom. The molecule has 4 heteroatoms. The first-order valence-electron chi connectivity index (χ1n) is 6.52. The van der Waals surface area contributed by atoms with Gasteiger partial charge in [-0.25, -0.2) is 0 Å². The van der Waals surface area contributed by atoms with E-state index in [1.807, 2.05) is 18.2 Å². The fourth-order valence-electron chi connectivity index (χ4n) is 2.21. The van der Waals surface area contributed by atoms with Gasteiger partial charge in [0.25, 0.3) is 0 Å². The molecule has 100 valence electrons. The maximum Gasteiger partial charge on any atom is 0.123 e. The van der Waals surface area contributed by atoms with E-state index in [4.69, 9.17) is 15.2 Å². The zero-order valence-corrected chi connectivity index (χ0v) is 12.1. The van der Waals surface area contributed by atoms with Crippen LogP contribution in [0.2, 0.25) is 0 Å². The van der Waals surface area contributed by atoms with E-state index in [2.05, 4.69) is 15.9 Å². The van der Waals surface area contributed by atoms with E-state index in [1.165, 1.54) is 12.8 Å². The van der Waals surface area contributed by atoms with E-state index in [1.54, 1.807) is 0 Å². The molecule has 1 heterocycles. The standard InChI is InChI=1S/C14H20BrNO2/c15-12-5-6-14(11(9-12)10-16)18-8-2-4-13-3-1-7-17-13/h5-6,9,13H,1-4,7-8,10,16H2. The van der Waals surface area contributed by atoms with Crippen LogP contribution in [0.5, 0.6) is 5.75 Å². The lowest BCUT2D eigenvalue weighted by Gasteiger charge is -2.12. The van der Waals surface area contributed by atoms with Crippen LogP contribution in [0.3, 0.4) is 0 Å². The number of nitrogens with two attached hydrogens (primary N) is 1. The van der Waals surface area contributed by atoms with Crippen LogP contribution >= 0.6 is 15.9 Å². The van der Waals surface area contributed by atoms with Gasteiger partial charge < -0.3 is 15.2 Å². The summed E-state index contributed by atoms with van der Waals surface area (Å²) in [5, 5.41) is 0. The predicted octanol–water partition coefficient (Wildman–Crippen LogP) is 3.25. The van der Waals surface area contributed by atoms with Crippen LogP contribution in [0, 0.1) is 0 Å². The van der Waals surface area contributed by atoms with Crippen molar-refractivity contribution < 1.29 is 9.47 Å². The van der Waals surface area contributed by atoms with Gasteiger partial charge in [-0.15, -0.1) is 0 Å². The largest absolute Gasteiger partial charge is 0.493 e. The molecule has 18 heavy (non-hydrogen) atoms. The molecule has 1 fully saturated rings. The van der Waals surface area contributed by atoms with Crippen LogP contribution in [0.25, 0.3) is 0 Å². The van der Waals surface area contributed by atoms with Crippen LogP contribution in [0.15, 0.2) is 22.7 Å². The number of hydrogen-bond acceptors (Lipinski definition) is 3. The Labute approximate surface area is 117 Å². The second kappa shape index (κ2) is 7.12. The molecular formula is C14H20BrNO2. The minimum atomic E-state index is 0.451. The molecule has 0 spiro atoms. The molecule has 1 aliphatic heterocycles. The third kappa shape index (κ3) is 3.97. The summed E-state index contributed by atoms with van der Waals surface area (Å²) in [4.78, 5) is 0. The summed E-state index contributed by atoms with van der Waals surface area (Å²) < 4.78 is 12.4. The van der Waals surface area contributed by atoms with Crippen molar-refractivity contribution in [1.29, 1.82) is 0 Å². The van der Waals surface area contributed by atoms with Gasteiger partial charge in [-0.3, -0.25) is 0 Å².